The molecule has 0 spiro atoms. The average Bonchev–Trinajstić information content (AvgIpc) is 2.46. The summed E-state index contributed by atoms with van der Waals surface area (Å²) in [6.07, 6.45) is 3.02. The van der Waals surface area contributed by atoms with Crippen LogP contribution in [0.5, 0.6) is 0 Å². The first-order chi connectivity index (χ1) is 9.95. The Morgan fingerprint density at radius 2 is 1.67 bits per heavy atom. The van der Waals surface area contributed by atoms with E-state index in [0.29, 0.717) is 6.42 Å². The highest BCUT2D eigenvalue weighted by atomic mass is 32.2. The number of rotatable bonds is 9. The highest BCUT2D eigenvalue weighted by Crippen LogP contribution is 2.13. The number of hydrogen-bond donors (Lipinski definition) is 0. The third kappa shape index (κ3) is 6.53. The maximum Gasteiger partial charge on any atom is 0.341 e. The Hall–Kier alpha value is -1.69. The molecular formula is C15H20O5S. The molecule has 0 aliphatic rings. The van der Waals surface area contributed by atoms with Crippen LogP contribution in [0.25, 0.3) is 0 Å². The molecule has 0 heterocycles. The molecule has 0 saturated carbocycles. The summed E-state index contributed by atoms with van der Waals surface area (Å²) in [4.78, 5) is 22.9. The van der Waals surface area contributed by atoms with Gasteiger partial charge in [-0.25, -0.2) is 0 Å². The van der Waals surface area contributed by atoms with E-state index in [2.05, 4.69) is 4.18 Å². The van der Waals surface area contributed by atoms with Crippen LogP contribution in [0.4, 0.5) is 0 Å². The van der Waals surface area contributed by atoms with Gasteiger partial charge in [0, 0.05) is 12.8 Å². The molecule has 0 fully saturated rings. The molecule has 0 aliphatic carbocycles. The van der Waals surface area contributed by atoms with Crippen molar-refractivity contribution in [3.8, 4) is 0 Å². The minimum absolute atomic E-state index is 0.0207. The van der Waals surface area contributed by atoms with Gasteiger partial charge in [0.05, 0.1) is 6.42 Å². The van der Waals surface area contributed by atoms with Crippen LogP contribution in [0.1, 0.15) is 45.4 Å². The van der Waals surface area contributed by atoms with E-state index in [-0.39, 0.29) is 23.5 Å². The van der Waals surface area contributed by atoms with E-state index in [1.165, 1.54) is 24.3 Å². The molecule has 0 bridgehead atoms. The summed E-state index contributed by atoms with van der Waals surface area (Å²) in [5.41, 5.74) is 0. The van der Waals surface area contributed by atoms with Crippen LogP contribution in [-0.4, -0.2) is 20.2 Å². The molecule has 21 heavy (non-hydrogen) atoms. The highest BCUT2D eigenvalue weighted by molar-refractivity contribution is 7.87. The van der Waals surface area contributed by atoms with Gasteiger partial charge < -0.3 is 4.18 Å². The zero-order valence-electron chi connectivity index (χ0n) is 12.1. The van der Waals surface area contributed by atoms with Gasteiger partial charge in [-0.3, -0.25) is 9.59 Å². The molecule has 1 aromatic rings. The van der Waals surface area contributed by atoms with Gasteiger partial charge in [0.1, 0.15) is 10.7 Å². The summed E-state index contributed by atoms with van der Waals surface area (Å²) < 4.78 is 28.0. The van der Waals surface area contributed by atoms with Crippen molar-refractivity contribution in [2.75, 3.05) is 0 Å². The van der Waals surface area contributed by atoms with E-state index in [1.807, 2.05) is 6.92 Å². The van der Waals surface area contributed by atoms with E-state index in [1.54, 1.807) is 6.07 Å². The lowest BCUT2D eigenvalue weighted by Gasteiger charge is -2.05. The van der Waals surface area contributed by atoms with Crippen molar-refractivity contribution in [2.24, 2.45) is 0 Å². The van der Waals surface area contributed by atoms with Gasteiger partial charge in [-0.2, -0.15) is 8.42 Å². The maximum atomic E-state index is 11.8. The number of Topliss-reactive ketones (excluding diaryl/α,β-unsaturated/α-hetero) is 1. The molecule has 5 nitrogen and oxygen atoms in total. The van der Waals surface area contributed by atoms with Crippen molar-refractivity contribution in [1.82, 2.24) is 0 Å². The largest absolute Gasteiger partial charge is 0.342 e. The van der Waals surface area contributed by atoms with Crippen LogP contribution < -0.4 is 0 Å². The molecule has 0 radical (unpaired) electrons. The lowest BCUT2D eigenvalue weighted by atomic mass is 10.1. The fourth-order valence-electron chi connectivity index (χ4n) is 1.74. The predicted octanol–water partition coefficient (Wildman–Crippen LogP) is 2.85. The van der Waals surface area contributed by atoms with E-state index in [0.717, 1.165) is 19.3 Å². The molecule has 0 aliphatic heterocycles. The minimum Gasteiger partial charge on any atom is -0.342 e. The fraction of sp³-hybridized carbons (Fsp3) is 0.467. The Labute approximate surface area is 125 Å². The summed E-state index contributed by atoms with van der Waals surface area (Å²) in [5, 5.41) is 0. The number of carbonyl (C=O) groups is 2. The SMILES string of the molecule is CCCCCC(=O)CCC(=O)OS(=O)(=O)c1ccccc1. The minimum atomic E-state index is -4.09. The summed E-state index contributed by atoms with van der Waals surface area (Å²) in [6, 6.07) is 7.43. The van der Waals surface area contributed by atoms with Crippen molar-refractivity contribution < 1.29 is 22.2 Å². The van der Waals surface area contributed by atoms with Gasteiger partial charge in [0.25, 0.3) is 0 Å². The molecular weight excluding hydrogens is 292 g/mol. The molecule has 0 unspecified atom stereocenters. The molecule has 1 aromatic carbocycles. The van der Waals surface area contributed by atoms with E-state index < -0.39 is 16.1 Å². The van der Waals surface area contributed by atoms with Crippen molar-refractivity contribution >= 4 is 21.9 Å². The molecule has 0 aromatic heterocycles. The standard InChI is InChI=1S/C15H20O5S/c1-2-3-5-8-13(16)11-12-15(17)20-21(18,19)14-9-6-4-7-10-14/h4,6-7,9-10H,2-3,5,8,11-12H2,1H3. The molecule has 0 atom stereocenters. The molecule has 6 heteroatoms. The first kappa shape index (κ1) is 17.4. The Balaban J connectivity index is 2.42. The van der Waals surface area contributed by atoms with Gasteiger partial charge in [-0.1, -0.05) is 38.0 Å². The smallest absolute Gasteiger partial charge is 0.341 e. The number of benzene rings is 1. The van der Waals surface area contributed by atoms with Crippen LogP contribution in [0.15, 0.2) is 35.2 Å². The van der Waals surface area contributed by atoms with Crippen molar-refractivity contribution in [1.29, 1.82) is 0 Å². The van der Waals surface area contributed by atoms with Gasteiger partial charge in [-0.05, 0) is 18.6 Å². The van der Waals surface area contributed by atoms with Crippen molar-refractivity contribution in [2.45, 2.75) is 50.3 Å². The van der Waals surface area contributed by atoms with E-state index in [9.17, 15) is 18.0 Å². The van der Waals surface area contributed by atoms with Crippen LogP contribution in [0.3, 0.4) is 0 Å². The van der Waals surface area contributed by atoms with Crippen LogP contribution in [-0.2, 0) is 23.9 Å². The molecule has 0 amide bonds. The Bertz CT molecular complexity index is 563. The number of carbonyl (C=O) groups excluding carboxylic acids is 2. The van der Waals surface area contributed by atoms with Gasteiger partial charge in [0.15, 0.2) is 0 Å². The third-order valence-corrected chi connectivity index (χ3v) is 4.16. The van der Waals surface area contributed by atoms with Gasteiger partial charge in [0.2, 0.25) is 0 Å². The fourth-order valence-corrected chi connectivity index (χ4v) is 2.65. The van der Waals surface area contributed by atoms with E-state index in [4.69, 9.17) is 0 Å². The second-order valence-electron chi connectivity index (χ2n) is 4.72. The molecule has 0 N–H and O–H groups in total. The normalized spacial score (nSPS) is 11.1. The molecule has 116 valence electrons. The predicted molar refractivity (Wildman–Crippen MR) is 78.1 cm³/mol. The summed E-state index contributed by atoms with van der Waals surface area (Å²) in [7, 11) is -4.09. The van der Waals surface area contributed by atoms with Crippen molar-refractivity contribution in [3.63, 3.8) is 0 Å². The number of ketones is 1. The Morgan fingerprint density at radius 3 is 2.29 bits per heavy atom. The monoisotopic (exact) mass is 312 g/mol. The summed E-state index contributed by atoms with van der Waals surface area (Å²) >= 11 is 0. The summed E-state index contributed by atoms with van der Waals surface area (Å²) in [6.45, 7) is 2.04. The van der Waals surface area contributed by atoms with Crippen LogP contribution >= 0.6 is 0 Å². The zero-order valence-corrected chi connectivity index (χ0v) is 12.9. The molecule has 1 rings (SSSR count). The van der Waals surface area contributed by atoms with Gasteiger partial charge >= 0.3 is 16.1 Å². The number of hydrogen-bond acceptors (Lipinski definition) is 5. The Kier molecular flexibility index (Phi) is 7.08. The number of unbranched alkanes of at least 4 members (excludes halogenated alkanes) is 2. The van der Waals surface area contributed by atoms with Gasteiger partial charge in [-0.15, -0.1) is 0 Å². The highest BCUT2D eigenvalue weighted by Gasteiger charge is 2.20. The van der Waals surface area contributed by atoms with Crippen LogP contribution in [0, 0.1) is 0 Å². The third-order valence-electron chi connectivity index (χ3n) is 2.90. The lowest BCUT2D eigenvalue weighted by Crippen LogP contribution is -2.14. The zero-order chi connectivity index (χ0) is 15.7. The second kappa shape index (κ2) is 8.56. The first-order valence-electron chi connectivity index (χ1n) is 6.99. The summed E-state index contributed by atoms with van der Waals surface area (Å²) in [5.74, 6) is -0.944. The molecule has 0 saturated heterocycles. The van der Waals surface area contributed by atoms with E-state index >= 15 is 0 Å². The van der Waals surface area contributed by atoms with Crippen molar-refractivity contribution in [3.05, 3.63) is 30.3 Å². The maximum absolute atomic E-state index is 11.8. The van der Waals surface area contributed by atoms with Crippen LogP contribution in [0.2, 0.25) is 0 Å². The quantitative estimate of drug-likeness (QED) is 0.517. The average molecular weight is 312 g/mol. The Morgan fingerprint density at radius 1 is 1.00 bits per heavy atom. The first-order valence-corrected chi connectivity index (χ1v) is 8.40. The lowest BCUT2D eigenvalue weighted by molar-refractivity contribution is -0.135. The topological polar surface area (TPSA) is 77.5 Å². The second-order valence-corrected chi connectivity index (χ2v) is 6.26.